The zero-order valence-corrected chi connectivity index (χ0v) is 9.55. The van der Waals surface area contributed by atoms with Gasteiger partial charge in [0.2, 0.25) is 0 Å². The Kier molecular flexibility index (Phi) is 5.25. The molecule has 6 heteroatoms. The molecule has 0 radical (unpaired) electrons. The molecule has 0 saturated heterocycles. The standard InChI is InChI=1S/C10H11N3O2S/c1-2-15-10(14)9(12-13-11)16-8-6-4-3-5-7-8/h3-7,9H,2H2,1H3. The number of thioether (sulfide) groups is 1. The van der Waals surface area contributed by atoms with Crippen LogP contribution in [0.1, 0.15) is 6.92 Å². The van der Waals surface area contributed by atoms with Crippen LogP contribution >= 0.6 is 11.8 Å². The van der Waals surface area contributed by atoms with Crippen molar-refractivity contribution in [3.8, 4) is 0 Å². The van der Waals surface area contributed by atoms with E-state index in [9.17, 15) is 4.79 Å². The molecule has 1 atom stereocenters. The Morgan fingerprint density at radius 3 is 2.81 bits per heavy atom. The molecule has 0 aliphatic carbocycles. The van der Waals surface area contributed by atoms with E-state index in [4.69, 9.17) is 10.3 Å². The van der Waals surface area contributed by atoms with E-state index >= 15 is 0 Å². The zero-order chi connectivity index (χ0) is 11.8. The fourth-order valence-corrected chi connectivity index (χ4v) is 1.83. The first-order chi connectivity index (χ1) is 7.77. The zero-order valence-electron chi connectivity index (χ0n) is 8.74. The highest BCUT2D eigenvalue weighted by atomic mass is 32.2. The molecule has 1 aromatic rings. The van der Waals surface area contributed by atoms with E-state index in [1.54, 1.807) is 6.92 Å². The van der Waals surface area contributed by atoms with E-state index in [1.165, 1.54) is 11.8 Å². The van der Waals surface area contributed by atoms with Gasteiger partial charge in [0, 0.05) is 9.81 Å². The summed E-state index contributed by atoms with van der Waals surface area (Å²) < 4.78 is 4.80. The Labute approximate surface area is 97.4 Å². The van der Waals surface area contributed by atoms with Crippen LogP contribution in [0.3, 0.4) is 0 Å². The third-order valence-corrected chi connectivity index (χ3v) is 2.69. The lowest BCUT2D eigenvalue weighted by Crippen LogP contribution is -2.17. The van der Waals surface area contributed by atoms with Crippen LogP contribution in [0.5, 0.6) is 0 Å². The Morgan fingerprint density at radius 1 is 1.56 bits per heavy atom. The van der Waals surface area contributed by atoms with Gasteiger partial charge in [-0.15, -0.1) is 11.8 Å². The number of hydrogen-bond acceptors (Lipinski definition) is 4. The largest absolute Gasteiger partial charge is 0.465 e. The molecule has 0 fully saturated rings. The summed E-state index contributed by atoms with van der Waals surface area (Å²) in [6, 6.07) is 9.24. The Hall–Kier alpha value is -1.65. The van der Waals surface area contributed by atoms with Gasteiger partial charge in [-0.2, -0.15) is 0 Å². The Morgan fingerprint density at radius 2 is 2.25 bits per heavy atom. The summed E-state index contributed by atoms with van der Waals surface area (Å²) in [4.78, 5) is 14.9. The molecule has 84 valence electrons. The molecule has 0 N–H and O–H groups in total. The number of benzene rings is 1. The van der Waals surface area contributed by atoms with Gasteiger partial charge < -0.3 is 4.74 Å². The molecule has 0 bridgehead atoms. The molecule has 0 heterocycles. The average molecular weight is 237 g/mol. The highest BCUT2D eigenvalue weighted by molar-refractivity contribution is 8.00. The summed E-state index contributed by atoms with van der Waals surface area (Å²) >= 11 is 1.17. The van der Waals surface area contributed by atoms with Crippen LogP contribution in [0.2, 0.25) is 0 Å². The number of nitrogens with zero attached hydrogens (tertiary/aromatic N) is 3. The summed E-state index contributed by atoms with van der Waals surface area (Å²) in [5.74, 6) is -0.519. The van der Waals surface area contributed by atoms with Crippen LogP contribution in [0.4, 0.5) is 0 Å². The molecule has 0 aromatic heterocycles. The lowest BCUT2D eigenvalue weighted by Gasteiger charge is -2.09. The van der Waals surface area contributed by atoms with Crippen molar-refractivity contribution < 1.29 is 9.53 Å². The third kappa shape index (κ3) is 3.84. The van der Waals surface area contributed by atoms with E-state index in [0.29, 0.717) is 0 Å². The molecular formula is C10H11N3O2S. The molecule has 16 heavy (non-hydrogen) atoms. The molecule has 0 amide bonds. The van der Waals surface area contributed by atoms with Crippen LogP contribution < -0.4 is 0 Å². The second-order valence-corrected chi connectivity index (χ2v) is 3.89. The second-order valence-electron chi connectivity index (χ2n) is 2.74. The predicted molar refractivity (Wildman–Crippen MR) is 61.9 cm³/mol. The van der Waals surface area contributed by atoms with Crippen molar-refractivity contribution in [1.82, 2.24) is 0 Å². The first-order valence-corrected chi connectivity index (χ1v) is 5.58. The van der Waals surface area contributed by atoms with Gasteiger partial charge in [-0.3, -0.25) is 4.79 Å². The molecule has 1 unspecified atom stereocenters. The predicted octanol–water partition coefficient (Wildman–Crippen LogP) is 2.98. The third-order valence-electron chi connectivity index (χ3n) is 1.64. The number of esters is 1. The highest BCUT2D eigenvalue weighted by Gasteiger charge is 2.19. The van der Waals surface area contributed by atoms with Crippen LogP contribution in [0.15, 0.2) is 40.3 Å². The molecule has 1 aromatic carbocycles. The highest BCUT2D eigenvalue weighted by Crippen LogP contribution is 2.24. The minimum Gasteiger partial charge on any atom is -0.465 e. The first-order valence-electron chi connectivity index (χ1n) is 4.70. The van der Waals surface area contributed by atoms with E-state index in [0.717, 1.165) is 4.90 Å². The maximum absolute atomic E-state index is 11.4. The summed E-state index contributed by atoms with van der Waals surface area (Å²) in [5, 5.41) is 2.54. The molecule has 5 nitrogen and oxygen atoms in total. The maximum atomic E-state index is 11.4. The minimum absolute atomic E-state index is 0.269. The van der Waals surface area contributed by atoms with Gasteiger partial charge in [0.1, 0.15) is 0 Å². The van der Waals surface area contributed by atoms with Gasteiger partial charge in [-0.1, -0.05) is 23.3 Å². The number of azide groups is 1. The van der Waals surface area contributed by atoms with E-state index in [-0.39, 0.29) is 6.61 Å². The maximum Gasteiger partial charge on any atom is 0.325 e. The average Bonchev–Trinajstić information content (AvgIpc) is 2.30. The van der Waals surface area contributed by atoms with Gasteiger partial charge in [-0.05, 0) is 24.6 Å². The molecular weight excluding hydrogens is 226 g/mol. The Bertz CT molecular complexity index is 390. The molecule has 0 aliphatic heterocycles. The van der Waals surface area contributed by atoms with E-state index in [1.807, 2.05) is 30.3 Å². The number of rotatable bonds is 5. The van der Waals surface area contributed by atoms with Gasteiger partial charge in [0.05, 0.1) is 6.61 Å². The monoisotopic (exact) mass is 237 g/mol. The van der Waals surface area contributed by atoms with Crippen LogP contribution in [0, 0.1) is 0 Å². The molecule has 1 rings (SSSR count). The number of carbonyl (C=O) groups is 1. The molecule has 0 aliphatic rings. The second kappa shape index (κ2) is 6.76. The molecule has 0 spiro atoms. The van der Waals surface area contributed by atoms with Crippen molar-refractivity contribution in [2.75, 3.05) is 6.61 Å². The molecule has 0 saturated carbocycles. The normalized spacial score (nSPS) is 11.3. The van der Waals surface area contributed by atoms with Gasteiger partial charge in [0.15, 0.2) is 5.37 Å². The lowest BCUT2D eigenvalue weighted by atomic mass is 10.4. The smallest absolute Gasteiger partial charge is 0.325 e. The van der Waals surface area contributed by atoms with Gasteiger partial charge >= 0.3 is 5.97 Å². The van der Waals surface area contributed by atoms with Crippen molar-refractivity contribution >= 4 is 17.7 Å². The summed E-state index contributed by atoms with van der Waals surface area (Å²) in [6.07, 6.45) is 0. The van der Waals surface area contributed by atoms with E-state index < -0.39 is 11.3 Å². The number of ether oxygens (including phenoxy) is 1. The quantitative estimate of drug-likeness (QED) is 0.260. The summed E-state index contributed by atoms with van der Waals surface area (Å²) in [6.45, 7) is 1.98. The topological polar surface area (TPSA) is 75.1 Å². The summed E-state index contributed by atoms with van der Waals surface area (Å²) in [5.41, 5.74) is 8.37. The van der Waals surface area contributed by atoms with Crippen LogP contribution in [0.25, 0.3) is 10.4 Å². The SMILES string of the molecule is CCOC(=O)C(N=[N+]=[N-])Sc1ccccc1. The van der Waals surface area contributed by atoms with Crippen molar-refractivity contribution in [3.05, 3.63) is 40.8 Å². The number of hydrogen-bond donors (Lipinski definition) is 0. The fourth-order valence-electron chi connectivity index (χ4n) is 1.01. The number of carbonyl (C=O) groups excluding carboxylic acids is 1. The first kappa shape index (κ1) is 12.4. The van der Waals surface area contributed by atoms with Crippen LogP contribution in [-0.2, 0) is 9.53 Å². The van der Waals surface area contributed by atoms with Crippen molar-refractivity contribution in [1.29, 1.82) is 0 Å². The van der Waals surface area contributed by atoms with Gasteiger partial charge in [-0.25, -0.2) is 0 Å². The lowest BCUT2D eigenvalue weighted by molar-refractivity contribution is -0.142. The van der Waals surface area contributed by atoms with Gasteiger partial charge in [0.25, 0.3) is 0 Å². The summed E-state index contributed by atoms with van der Waals surface area (Å²) in [7, 11) is 0. The fraction of sp³-hybridized carbons (Fsp3) is 0.300. The van der Waals surface area contributed by atoms with Crippen LogP contribution in [-0.4, -0.2) is 18.0 Å². The van der Waals surface area contributed by atoms with Crippen molar-refractivity contribution in [3.63, 3.8) is 0 Å². The Balaban J connectivity index is 2.72. The van der Waals surface area contributed by atoms with Crippen molar-refractivity contribution in [2.45, 2.75) is 17.2 Å². The minimum atomic E-state index is -0.868. The van der Waals surface area contributed by atoms with Crippen molar-refractivity contribution in [2.24, 2.45) is 5.11 Å². The van der Waals surface area contributed by atoms with E-state index in [2.05, 4.69) is 10.0 Å².